The third-order valence-electron chi connectivity index (χ3n) is 3.80. The zero-order valence-electron chi connectivity index (χ0n) is 13.7. The molecule has 0 unspecified atom stereocenters. The molecule has 0 bridgehead atoms. The van der Waals surface area contributed by atoms with Crippen molar-refractivity contribution in [3.8, 4) is 0 Å². The number of piperazine rings is 1. The molecular formula is C17H18Cl2N2O4. The Balaban J connectivity index is 1.81. The topological polar surface area (TPSA) is 66.9 Å². The minimum absolute atomic E-state index is 0.0121. The number of carbonyl (C=O) groups is 3. The van der Waals surface area contributed by atoms with Crippen LogP contribution in [0, 0.1) is 0 Å². The van der Waals surface area contributed by atoms with Crippen molar-refractivity contribution in [2.75, 3.05) is 32.8 Å². The van der Waals surface area contributed by atoms with Crippen LogP contribution in [-0.4, -0.2) is 60.4 Å². The Hall–Kier alpha value is -2.05. The van der Waals surface area contributed by atoms with E-state index >= 15 is 0 Å². The van der Waals surface area contributed by atoms with Crippen molar-refractivity contribution in [2.45, 2.75) is 6.92 Å². The summed E-state index contributed by atoms with van der Waals surface area (Å²) >= 11 is 12.0. The summed E-state index contributed by atoms with van der Waals surface area (Å²) in [7, 11) is 0. The van der Waals surface area contributed by atoms with Gasteiger partial charge in [0, 0.05) is 54.8 Å². The van der Waals surface area contributed by atoms with Crippen LogP contribution in [0.4, 0.5) is 0 Å². The average Bonchev–Trinajstić information content (AvgIpc) is 2.59. The van der Waals surface area contributed by atoms with Gasteiger partial charge >= 0.3 is 5.97 Å². The summed E-state index contributed by atoms with van der Waals surface area (Å²) < 4.78 is 4.95. The molecule has 25 heavy (non-hydrogen) atoms. The van der Waals surface area contributed by atoms with Crippen LogP contribution >= 0.6 is 23.2 Å². The van der Waals surface area contributed by atoms with E-state index in [1.165, 1.54) is 19.1 Å². The number of halogens is 2. The molecule has 0 spiro atoms. The van der Waals surface area contributed by atoms with Gasteiger partial charge in [0.05, 0.1) is 0 Å². The Morgan fingerprint density at radius 1 is 1.08 bits per heavy atom. The van der Waals surface area contributed by atoms with Crippen LogP contribution in [0.2, 0.25) is 10.0 Å². The number of hydrogen-bond donors (Lipinski definition) is 0. The summed E-state index contributed by atoms with van der Waals surface area (Å²) in [6, 6.07) is 5.01. The van der Waals surface area contributed by atoms with Crippen molar-refractivity contribution >= 4 is 47.1 Å². The molecule has 0 aromatic heterocycles. The first-order valence-corrected chi connectivity index (χ1v) is 8.46. The molecular weight excluding hydrogens is 367 g/mol. The van der Waals surface area contributed by atoms with E-state index in [1.807, 2.05) is 0 Å². The highest BCUT2D eigenvalue weighted by atomic mass is 35.5. The van der Waals surface area contributed by atoms with Crippen molar-refractivity contribution in [3.63, 3.8) is 0 Å². The molecule has 8 heteroatoms. The molecule has 1 heterocycles. The Labute approximate surface area is 155 Å². The lowest BCUT2D eigenvalue weighted by atomic mass is 10.2. The molecule has 0 aliphatic carbocycles. The molecule has 1 fully saturated rings. The van der Waals surface area contributed by atoms with Crippen molar-refractivity contribution in [1.29, 1.82) is 0 Å². The van der Waals surface area contributed by atoms with Gasteiger partial charge in [0.2, 0.25) is 5.91 Å². The number of rotatable bonds is 4. The Kier molecular flexibility index (Phi) is 6.84. The van der Waals surface area contributed by atoms with Gasteiger partial charge in [0.1, 0.15) is 0 Å². The lowest BCUT2D eigenvalue weighted by Crippen LogP contribution is -2.51. The predicted molar refractivity (Wildman–Crippen MR) is 95.3 cm³/mol. The standard InChI is InChI=1S/C17H18Cl2N2O4/c1-12(22)20-7-9-21(10-8-20)16(23)11-25-17(24)6-5-13-14(18)3-2-4-15(13)19/h2-6H,7-11H2,1H3/b6-5+. The minimum atomic E-state index is -0.660. The fourth-order valence-electron chi connectivity index (χ4n) is 2.36. The van der Waals surface area contributed by atoms with Gasteiger partial charge in [-0.2, -0.15) is 0 Å². The third-order valence-corrected chi connectivity index (χ3v) is 4.46. The van der Waals surface area contributed by atoms with Gasteiger partial charge in [-0.15, -0.1) is 0 Å². The lowest BCUT2D eigenvalue weighted by Gasteiger charge is -2.34. The zero-order valence-corrected chi connectivity index (χ0v) is 15.2. The molecule has 2 rings (SSSR count). The third kappa shape index (κ3) is 5.47. The summed E-state index contributed by atoms with van der Waals surface area (Å²) in [5.41, 5.74) is 0.509. The first-order valence-electron chi connectivity index (χ1n) is 7.70. The number of hydrogen-bond acceptors (Lipinski definition) is 4. The number of nitrogens with zero attached hydrogens (tertiary/aromatic N) is 2. The first-order chi connectivity index (χ1) is 11.9. The molecule has 134 valence electrons. The van der Waals surface area contributed by atoms with Gasteiger partial charge in [0.15, 0.2) is 6.61 Å². The zero-order chi connectivity index (χ0) is 18.4. The summed E-state index contributed by atoms with van der Waals surface area (Å²) in [5, 5.41) is 0.826. The molecule has 1 saturated heterocycles. The van der Waals surface area contributed by atoms with Crippen LogP contribution in [0.3, 0.4) is 0 Å². The van der Waals surface area contributed by atoms with Gasteiger partial charge in [-0.25, -0.2) is 4.79 Å². The second-order valence-corrected chi connectivity index (χ2v) is 6.28. The second-order valence-electron chi connectivity index (χ2n) is 5.46. The molecule has 1 aromatic carbocycles. The number of benzene rings is 1. The second kappa shape index (κ2) is 8.87. The highest BCUT2D eigenvalue weighted by Gasteiger charge is 2.22. The largest absolute Gasteiger partial charge is 0.452 e. The Morgan fingerprint density at radius 3 is 2.20 bits per heavy atom. The smallest absolute Gasteiger partial charge is 0.331 e. The first kappa shape index (κ1) is 19.3. The lowest BCUT2D eigenvalue weighted by molar-refractivity contribution is -0.149. The van der Waals surface area contributed by atoms with E-state index in [4.69, 9.17) is 27.9 Å². The molecule has 0 radical (unpaired) electrons. The van der Waals surface area contributed by atoms with Crippen molar-refractivity contribution in [1.82, 2.24) is 9.80 Å². The predicted octanol–water partition coefficient (Wildman–Crippen LogP) is 2.24. The van der Waals surface area contributed by atoms with Gasteiger partial charge < -0.3 is 14.5 Å². The molecule has 6 nitrogen and oxygen atoms in total. The molecule has 1 aliphatic heterocycles. The van der Waals surface area contributed by atoms with Crippen LogP contribution in [-0.2, 0) is 19.1 Å². The van der Waals surface area contributed by atoms with Crippen LogP contribution in [0.25, 0.3) is 6.08 Å². The molecule has 1 aromatic rings. The number of amides is 2. The SMILES string of the molecule is CC(=O)N1CCN(C(=O)COC(=O)/C=C/c2c(Cl)cccc2Cl)CC1. The Bertz CT molecular complexity index is 678. The number of carbonyl (C=O) groups excluding carboxylic acids is 3. The number of ether oxygens (including phenoxy) is 1. The van der Waals surface area contributed by atoms with Crippen LogP contribution in [0.15, 0.2) is 24.3 Å². The van der Waals surface area contributed by atoms with Crippen molar-refractivity contribution in [3.05, 3.63) is 39.9 Å². The normalized spacial score (nSPS) is 14.7. The van der Waals surface area contributed by atoms with E-state index in [0.29, 0.717) is 41.8 Å². The summed E-state index contributed by atoms with van der Waals surface area (Å²) in [6.07, 6.45) is 2.62. The maximum Gasteiger partial charge on any atom is 0.331 e. The van der Waals surface area contributed by atoms with Gasteiger partial charge in [-0.3, -0.25) is 9.59 Å². The minimum Gasteiger partial charge on any atom is -0.452 e. The summed E-state index contributed by atoms with van der Waals surface area (Å²) in [6.45, 7) is 2.98. The molecule has 0 N–H and O–H groups in total. The average molecular weight is 385 g/mol. The summed E-state index contributed by atoms with van der Waals surface area (Å²) in [5.74, 6) is -0.964. The van der Waals surface area contributed by atoms with Crippen LogP contribution in [0.5, 0.6) is 0 Å². The van der Waals surface area contributed by atoms with E-state index in [-0.39, 0.29) is 18.4 Å². The fraction of sp³-hybridized carbons (Fsp3) is 0.353. The molecule has 2 amide bonds. The van der Waals surface area contributed by atoms with E-state index < -0.39 is 5.97 Å². The summed E-state index contributed by atoms with van der Waals surface area (Å²) in [4.78, 5) is 38.3. The Morgan fingerprint density at radius 2 is 1.64 bits per heavy atom. The fourth-order valence-corrected chi connectivity index (χ4v) is 2.89. The van der Waals surface area contributed by atoms with Gasteiger partial charge in [0.25, 0.3) is 5.91 Å². The van der Waals surface area contributed by atoms with E-state index in [9.17, 15) is 14.4 Å². The van der Waals surface area contributed by atoms with Crippen molar-refractivity contribution in [2.24, 2.45) is 0 Å². The van der Waals surface area contributed by atoms with Crippen LogP contribution in [0.1, 0.15) is 12.5 Å². The van der Waals surface area contributed by atoms with Crippen molar-refractivity contribution < 1.29 is 19.1 Å². The quantitative estimate of drug-likeness (QED) is 0.589. The maximum absolute atomic E-state index is 12.0. The van der Waals surface area contributed by atoms with E-state index in [2.05, 4.69) is 0 Å². The molecule has 1 aliphatic rings. The highest BCUT2D eigenvalue weighted by Crippen LogP contribution is 2.25. The monoisotopic (exact) mass is 384 g/mol. The highest BCUT2D eigenvalue weighted by molar-refractivity contribution is 6.37. The van der Waals surface area contributed by atoms with Crippen LogP contribution < -0.4 is 0 Å². The van der Waals surface area contributed by atoms with E-state index in [0.717, 1.165) is 0 Å². The van der Waals surface area contributed by atoms with Gasteiger partial charge in [-0.05, 0) is 18.2 Å². The molecule has 0 atom stereocenters. The number of esters is 1. The van der Waals surface area contributed by atoms with E-state index in [1.54, 1.807) is 28.0 Å². The maximum atomic E-state index is 12.0. The molecule has 0 saturated carbocycles. The van der Waals surface area contributed by atoms with Gasteiger partial charge in [-0.1, -0.05) is 29.3 Å².